The zero-order chi connectivity index (χ0) is 25.9. The van der Waals surface area contributed by atoms with Crippen LogP contribution < -0.4 is 16.6 Å². The molecule has 0 aliphatic carbocycles. The average molecular weight is 493 g/mol. The predicted octanol–water partition coefficient (Wildman–Crippen LogP) is 5.13. The first kappa shape index (κ1) is 24.5. The third kappa shape index (κ3) is 5.20. The maximum absolute atomic E-state index is 12.8. The van der Waals surface area contributed by atoms with Crippen LogP contribution in [0.1, 0.15) is 41.9 Å². The molecule has 1 aliphatic heterocycles. The Labute approximate surface area is 217 Å². The van der Waals surface area contributed by atoms with Gasteiger partial charge in [-0.3, -0.25) is 4.79 Å². The molecule has 0 spiro atoms. The molecule has 4 aromatic rings. The van der Waals surface area contributed by atoms with E-state index < -0.39 is 0 Å². The van der Waals surface area contributed by atoms with Crippen molar-refractivity contribution in [3.8, 4) is 23.6 Å². The number of likely N-dealkylation sites (tertiary alicyclic amines) is 1. The average Bonchev–Trinajstić information content (AvgIpc) is 2.89. The number of pyridine rings is 3. The molecule has 1 aliphatic rings. The van der Waals surface area contributed by atoms with E-state index in [1.54, 1.807) is 12.4 Å². The number of fused-ring (bicyclic) bond motifs is 1. The molecule has 0 saturated carbocycles. The molecule has 1 fully saturated rings. The highest BCUT2D eigenvalue weighted by atomic mass is 16.1. The quantitative estimate of drug-likeness (QED) is 0.323. The molecule has 0 amide bonds. The van der Waals surface area contributed by atoms with E-state index >= 15 is 0 Å². The Bertz CT molecular complexity index is 1540. The molecule has 7 heteroatoms. The van der Waals surface area contributed by atoms with Gasteiger partial charge < -0.3 is 20.9 Å². The van der Waals surface area contributed by atoms with Crippen molar-refractivity contribution in [2.45, 2.75) is 39.0 Å². The summed E-state index contributed by atoms with van der Waals surface area (Å²) in [6.07, 6.45) is 11.9. The summed E-state index contributed by atoms with van der Waals surface area (Å²) < 4.78 is 0. The van der Waals surface area contributed by atoms with Crippen LogP contribution in [0.4, 0.5) is 17.3 Å². The minimum atomic E-state index is -0.185. The maximum Gasteiger partial charge on any atom is 0.259 e. The fourth-order valence-electron chi connectivity index (χ4n) is 5.22. The summed E-state index contributed by atoms with van der Waals surface area (Å²) in [5.41, 5.74) is 11.7. The summed E-state index contributed by atoms with van der Waals surface area (Å²) in [4.78, 5) is 27.1. The van der Waals surface area contributed by atoms with E-state index in [0.29, 0.717) is 22.9 Å². The number of nitrogens with two attached hydrogens (primary N) is 1. The normalized spacial score (nSPS) is 14.5. The van der Waals surface area contributed by atoms with Crippen LogP contribution in [-0.2, 0) is 0 Å². The minimum absolute atomic E-state index is 0.185. The van der Waals surface area contributed by atoms with Gasteiger partial charge in [0, 0.05) is 36.6 Å². The first-order valence-corrected chi connectivity index (χ1v) is 12.7. The Morgan fingerprint density at radius 1 is 1.16 bits per heavy atom. The van der Waals surface area contributed by atoms with Gasteiger partial charge in [-0.05, 0) is 98.1 Å². The number of anilines is 3. The number of rotatable bonds is 6. The van der Waals surface area contributed by atoms with Crippen LogP contribution in [0.3, 0.4) is 0 Å². The molecule has 0 radical (unpaired) electrons. The SMILES string of the molecule is C#CCCN1CCC(c2ccc(Nc3nc(-c4cnc(N)c(C)c4)cc4cc[nH]c(=O)c34)cc2C)CC1. The lowest BCUT2D eigenvalue weighted by Gasteiger charge is -2.32. The number of hydrogen-bond donors (Lipinski definition) is 3. The van der Waals surface area contributed by atoms with Crippen LogP contribution in [0.25, 0.3) is 22.0 Å². The van der Waals surface area contributed by atoms with Crippen LogP contribution >= 0.6 is 0 Å². The first-order valence-electron chi connectivity index (χ1n) is 12.7. The summed E-state index contributed by atoms with van der Waals surface area (Å²) in [5, 5.41) is 4.74. The Kier molecular flexibility index (Phi) is 6.93. The van der Waals surface area contributed by atoms with Crippen molar-refractivity contribution in [1.82, 2.24) is 19.9 Å². The number of nitrogen functional groups attached to an aromatic ring is 1. The molecule has 1 aromatic carbocycles. The molecule has 5 rings (SSSR count). The molecular formula is C30H32N6O. The third-order valence-electron chi connectivity index (χ3n) is 7.30. The smallest absolute Gasteiger partial charge is 0.259 e. The molecule has 3 aromatic heterocycles. The van der Waals surface area contributed by atoms with Crippen LogP contribution in [-0.4, -0.2) is 39.5 Å². The molecule has 4 N–H and O–H groups in total. The summed E-state index contributed by atoms with van der Waals surface area (Å²) in [7, 11) is 0. The fourth-order valence-corrected chi connectivity index (χ4v) is 5.22. The van der Waals surface area contributed by atoms with Crippen molar-refractivity contribution < 1.29 is 0 Å². The first-order chi connectivity index (χ1) is 17.9. The number of piperidine rings is 1. The van der Waals surface area contributed by atoms with E-state index in [1.807, 2.05) is 25.1 Å². The monoisotopic (exact) mass is 492 g/mol. The highest BCUT2D eigenvalue weighted by molar-refractivity contribution is 5.95. The second-order valence-corrected chi connectivity index (χ2v) is 9.82. The van der Waals surface area contributed by atoms with Gasteiger partial charge in [0.05, 0.1) is 11.1 Å². The molecule has 4 heterocycles. The number of benzene rings is 1. The molecule has 0 atom stereocenters. The Balaban J connectivity index is 1.44. The Hall–Kier alpha value is -4.15. The number of aromatic nitrogens is 3. The number of aromatic amines is 1. The van der Waals surface area contributed by atoms with Crippen molar-refractivity contribution >= 4 is 28.1 Å². The van der Waals surface area contributed by atoms with E-state index in [0.717, 1.165) is 66.8 Å². The van der Waals surface area contributed by atoms with Crippen molar-refractivity contribution in [2.75, 3.05) is 30.7 Å². The van der Waals surface area contributed by atoms with Gasteiger partial charge in [-0.15, -0.1) is 12.3 Å². The molecule has 7 nitrogen and oxygen atoms in total. The lowest BCUT2D eigenvalue weighted by atomic mass is 9.86. The largest absolute Gasteiger partial charge is 0.383 e. The molecular weight excluding hydrogens is 460 g/mol. The van der Waals surface area contributed by atoms with Crippen molar-refractivity contribution in [2.24, 2.45) is 0 Å². The standard InChI is InChI=1S/C30H32N6O/c1-4-5-12-36-13-9-21(10-14-36)25-7-6-24(16-19(25)2)34-29-27-22(8-11-32-30(27)37)17-26(35-29)23-15-20(3)28(31)33-18-23/h1,6-8,11,15-18,21H,5,9-10,12-14H2,2-3H3,(H2,31,33)(H,32,37)(H,34,35). The van der Waals surface area contributed by atoms with Crippen LogP contribution in [0.2, 0.25) is 0 Å². The summed E-state index contributed by atoms with van der Waals surface area (Å²) in [6.45, 7) is 7.22. The van der Waals surface area contributed by atoms with Gasteiger partial charge in [0.15, 0.2) is 0 Å². The predicted molar refractivity (Wildman–Crippen MR) is 151 cm³/mol. The number of terminal acetylenes is 1. The molecule has 188 valence electrons. The van der Waals surface area contributed by atoms with E-state index in [-0.39, 0.29) is 5.56 Å². The number of aryl methyl sites for hydroxylation is 2. The zero-order valence-electron chi connectivity index (χ0n) is 21.3. The van der Waals surface area contributed by atoms with Crippen molar-refractivity contribution in [1.29, 1.82) is 0 Å². The summed E-state index contributed by atoms with van der Waals surface area (Å²) >= 11 is 0. The van der Waals surface area contributed by atoms with Gasteiger partial charge in [0.1, 0.15) is 11.6 Å². The van der Waals surface area contributed by atoms with E-state index in [9.17, 15) is 4.79 Å². The van der Waals surface area contributed by atoms with E-state index in [2.05, 4.69) is 51.2 Å². The topological polar surface area (TPSA) is 99.9 Å². The summed E-state index contributed by atoms with van der Waals surface area (Å²) in [5.74, 6) is 4.29. The fraction of sp³-hybridized carbons (Fsp3) is 0.300. The maximum atomic E-state index is 12.8. The number of nitrogens with zero attached hydrogens (tertiary/aromatic N) is 3. The number of hydrogen-bond acceptors (Lipinski definition) is 6. The minimum Gasteiger partial charge on any atom is -0.383 e. The second-order valence-electron chi connectivity index (χ2n) is 9.82. The van der Waals surface area contributed by atoms with Crippen LogP contribution in [0, 0.1) is 26.2 Å². The Morgan fingerprint density at radius 2 is 1.97 bits per heavy atom. The number of H-pyrrole nitrogens is 1. The van der Waals surface area contributed by atoms with Crippen molar-refractivity contribution in [3.05, 3.63) is 75.8 Å². The molecule has 1 saturated heterocycles. The molecule has 0 unspecified atom stereocenters. The van der Waals surface area contributed by atoms with Crippen LogP contribution in [0.15, 0.2) is 53.6 Å². The van der Waals surface area contributed by atoms with Gasteiger partial charge in [-0.2, -0.15) is 0 Å². The van der Waals surface area contributed by atoms with Crippen molar-refractivity contribution in [3.63, 3.8) is 0 Å². The highest BCUT2D eigenvalue weighted by Crippen LogP contribution is 2.33. The van der Waals surface area contributed by atoms with Gasteiger partial charge in [-0.1, -0.05) is 6.07 Å². The lowest BCUT2D eigenvalue weighted by molar-refractivity contribution is 0.216. The van der Waals surface area contributed by atoms with Crippen LogP contribution in [0.5, 0.6) is 0 Å². The Morgan fingerprint density at radius 3 is 2.70 bits per heavy atom. The number of nitrogens with one attached hydrogen (secondary N) is 2. The molecule has 37 heavy (non-hydrogen) atoms. The third-order valence-corrected chi connectivity index (χ3v) is 7.30. The zero-order valence-corrected chi connectivity index (χ0v) is 21.3. The highest BCUT2D eigenvalue weighted by Gasteiger charge is 2.22. The summed E-state index contributed by atoms with van der Waals surface area (Å²) in [6, 6.07) is 12.2. The van der Waals surface area contributed by atoms with Gasteiger partial charge in [0.25, 0.3) is 5.56 Å². The van der Waals surface area contributed by atoms with Gasteiger partial charge in [-0.25, -0.2) is 9.97 Å². The lowest BCUT2D eigenvalue weighted by Crippen LogP contribution is -2.33. The van der Waals surface area contributed by atoms with Gasteiger partial charge >= 0.3 is 0 Å². The van der Waals surface area contributed by atoms with E-state index in [4.69, 9.17) is 17.1 Å². The van der Waals surface area contributed by atoms with E-state index in [1.165, 1.54) is 11.1 Å². The second kappa shape index (κ2) is 10.5. The molecule has 0 bridgehead atoms. The van der Waals surface area contributed by atoms with Gasteiger partial charge in [0.2, 0.25) is 0 Å².